The van der Waals surface area contributed by atoms with Crippen LogP contribution in [0.1, 0.15) is 21.5 Å². The summed E-state index contributed by atoms with van der Waals surface area (Å²) in [7, 11) is 0. The van der Waals surface area contributed by atoms with Gasteiger partial charge in [-0.2, -0.15) is 0 Å². The van der Waals surface area contributed by atoms with Crippen LogP contribution >= 0.6 is 23.1 Å². The van der Waals surface area contributed by atoms with Crippen LogP contribution in [0.4, 0.5) is 23.9 Å². The zero-order valence-corrected chi connectivity index (χ0v) is 22.8. The van der Waals surface area contributed by atoms with E-state index in [0.29, 0.717) is 36.6 Å². The first kappa shape index (κ1) is 27.0. The molecule has 1 aliphatic rings. The summed E-state index contributed by atoms with van der Waals surface area (Å²) in [6.07, 6.45) is -2.73. The van der Waals surface area contributed by atoms with E-state index in [1.165, 1.54) is 28.4 Å². The van der Waals surface area contributed by atoms with Gasteiger partial charge in [0.1, 0.15) is 18.1 Å². The Morgan fingerprint density at radius 1 is 1.10 bits per heavy atom. The summed E-state index contributed by atoms with van der Waals surface area (Å²) in [4.78, 5) is 17.0. The molecule has 1 amide bonds. The number of thiophene rings is 1. The predicted octanol–water partition coefficient (Wildman–Crippen LogP) is 7.80. The van der Waals surface area contributed by atoms with E-state index in [1.54, 1.807) is 36.0 Å². The molecule has 1 aromatic heterocycles. The van der Waals surface area contributed by atoms with Crippen LogP contribution in [0.2, 0.25) is 0 Å². The van der Waals surface area contributed by atoms with E-state index in [4.69, 9.17) is 4.74 Å². The van der Waals surface area contributed by atoms with Gasteiger partial charge < -0.3 is 19.7 Å². The van der Waals surface area contributed by atoms with Gasteiger partial charge in [0.05, 0.1) is 17.2 Å². The summed E-state index contributed by atoms with van der Waals surface area (Å²) >= 11 is 3.15. The van der Waals surface area contributed by atoms with Crippen molar-refractivity contribution in [1.82, 2.24) is 5.32 Å². The third-order valence-corrected chi connectivity index (χ3v) is 8.25. The molecule has 1 N–H and O–H groups in total. The minimum atomic E-state index is -4.75. The molecule has 1 aliphatic heterocycles. The smallest absolute Gasteiger partial charge is 0.490 e. The third-order valence-electron chi connectivity index (χ3n) is 6.20. The van der Waals surface area contributed by atoms with Gasteiger partial charge in [-0.1, -0.05) is 24.3 Å². The Balaban J connectivity index is 1.33. The fourth-order valence-electron chi connectivity index (χ4n) is 4.34. The van der Waals surface area contributed by atoms with Crippen molar-refractivity contribution in [3.05, 3.63) is 89.5 Å². The van der Waals surface area contributed by atoms with Crippen molar-refractivity contribution in [2.24, 2.45) is 0 Å². The second-order valence-corrected chi connectivity index (χ2v) is 10.8. The lowest BCUT2D eigenvalue weighted by atomic mass is 10.1. The number of thioether (sulfide) groups is 1. The van der Waals surface area contributed by atoms with Crippen LogP contribution in [-0.4, -0.2) is 31.7 Å². The normalized spacial score (nSPS) is 13.0. The maximum absolute atomic E-state index is 12.8. The van der Waals surface area contributed by atoms with Crippen molar-refractivity contribution in [2.75, 3.05) is 24.3 Å². The number of halogens is 3. The summed E-state index contributed by atoms with van der Waals surface area (Å²) in [6, 6.07) is 21.4. The van der Waals surface area contributed by atoms with Crippen LogP contribution in [0.5, 0.6) is 11.5 Å². The Hall–Kier alpha value is -3.63. The van der Waals surface area contributed by atoms with E-state index in [0.717, 1.165) is 26.7 Å². The molecule has 5 rings (SSSR count). The number of nitrogens with one attached hydrogen (secondary N) is 1. The van der Waals surface area contributed by atoms with Crippen molar-refractivity contribution in [2.45, 2.75) is 24.7 Å². The van der Waals surface area contributed by atoms with Crippen molar-refractivity contribution < 1.29 is 27.4 Å². The number of fused-ring (bicyclic) bond motifs is 1. The van der Waals surface area contributed by atoms with Crippen molar-refractivity contribution in [3.8, 4) is 21.9 Å². The Bertz CT molecular complexity index is 1490. The average Bonchev–Trinajstić information content (AvgIpc) is 3.31. The Kier molecular flexibility index (Phi) is 7.76. The monoisotopic (exact) mass is 570 g/mol. The van der Waals surface area contributed by atoms with E-state index in [9.17, 15) is 18.0 Å². The number of anilines is 2. The summed E-state index contributed by atoms with van der Waals surface area (Å²) in [6.45, 7) is 3.38. The van der Waals surface area contributed by atoms with Crippen molar-refractivity contribution >= 4 is 39.7 Å². The molecule has 0 atom stereocenters. The summed E-state index contributed by atoms with van der Waals surface area (Å²) < 4.78 is 48.1. The van der Waals surface area contributed by atoms with Crippen LogP contribution in [0.3, 0.4) is 0 Å². The number of benzene rings is 3. The van der Waals surface area contributed by atoms with Gasteiger partial charge in [-0.15, -0.1) is 36.3 Å². The molecule has 3 aromatic carbocycles. The molecular formula is C29H25F3N2O3S2. The summed E-state index contributed by atoms with van der Waals surface area (Å²) in [5.74, 6) is 0.155. The summed E-state index contributed by atoms with van der Waals surface area (Å²) in [5.41, 5.74) is 3.93. The SMILES string of the molecule is CSc1ccc(CNC(=O)c2ccc3c(c2)OCCN3c2cc(C)c(-c3cccc(OC(F)(F)F)c3)s2)cc1. The molecular weight excluding hydrogens is 545 g/mol. The molecule has 0 radical (unpaired) electrons. The zero-order valence-electron chi connectivity index (χ0n) is 21.2. The topological polar surface area (TPSA) is 50.8 Å². The summed E-state index contributed by atoms with van der Waals surface area (Å²) in [5, 5.41) is 3.89. The van der Waals surface area contributed by atoms with Gasteiger partial charge >= 0.3 is 6.36 Å². The van der Waals surface area contributed by atoms with E-state index in [2.05, 4.69) is 15.0 Å². The second kappa shape index (κ2) is 11.2. The fraction of sp³-hybridized carbons (Fsp3) is 0.207. The minimum Gasteiger partial charge on any atom is -0.490 e. The van der Waals surface area contributed by atoms with Gasteiger partial charge in [-0.25, -0.2) is 0 Å². The number of hydrogen-bond acceptors (Lipinski definition) is 6. The van der Waals surface area contributed by atoms with Crippen LogP contribution in [0.15, 0.2) is 77.7 Å². The molecule has 0 saturated heterocycles. The van der Waals surface area contributed by atoms with Crippen molar-refractivity contribution in [1.29, 1.82) is 0 Å². The number of alkyl halides is 3. The van der Waals surface area contributed by atoms with Gasteiger partial charge in [0, 0.05) is 21.9 Å². The molecule has 4 aromatic rings. The van der Waals surface area contributed by atoms with Crippen LogP contribution < -0.4 is 19.7 Å². The molecule has 202 valence electrons. The number of carbonyl (C=O) groups is 1. The third kappa shape index (κ3) is 6.34. The van der Waals surface area contributed by atoms with Gasteiger partial charge in [0.15, 0.2) is 0 Å². The Morgan fingerprint density at radius 3 is 2.64 bits per heavy atom. The second-order valence-electron chi connectivity index (χ2n) is 8.89. The number of nitrogens with zero attached hydrogens (tertiary/aromatic N) is 1. The maximum Gasteiger partial charge on any atom is 0.573 e. The van der Waals surface area contributed by atoms with E-state index >= 15 is 0 Å². The van der Waals surface area contributed by atoms with Crippen LogP contribution in [0.25, 0.3) is 10.4 Å². The van der Waals surface area contributed by atoms with Crippen LogP contribution in [0, 0.1) is 6.92 Å². The molecule has 10 heteroatoms. The van der Waals surface area contributed by atoms with Crippen LogP contribution in [-0.2, 0) is 6.54 Å². The Morgan fingerprint density at radius 2 is 1.90 bits per heavy atom. The first-order chi connectivity index (χ1) is 18.7. The highest BCUT2D eigenvalue weighted by Crippen LogP contribution is 2.44. The molecule has 39 heavy (non-hydrogen) atoms. The van der Waals surface area contributed by atoms with Gasteiger partial charge in [0.2, 0.25) is 0 Å². The minimum absolute atomic E-state index is 0.192. The first-order valence-corrected chi connectivity index (χ1v) is 14.2. The molecule has 0 aliphatic carbocycles. The Labute approximate surface area is 232 Å². The lowest BCUT2D eigenvalue weighted by molar-refractivity contribution is -0.274. The van der Waals surface area contributed by atoms with E-state index < -0.39 is 6.36 Å². The lowest BCUT2D eigenvalue weighted by Gasteiger charge is -2.30. The molecule has 5 nitrogen and oxygen atoms in total. The highest BCUT2D eigenvalue weighted by Gasteiger charge is 2.31. The first-order valence-electron chi connectivity index (χ1n) is 12.1. The quantitative estimate of drug-likeness (QED) is 0.230. The molecule has 0 bridgehead atoms. The van der Waals surface area contributed by atoms with Gasteiger partial charge in [0.25, 0.3) is 5.91 Å². The van der Waals surface area contributed by atoms with E-state index in [1.807, 2.05) is 49.6 Å². The standard InChI is InChI=1S/C29H25F3N2O3S2/c1-18-14-26(39-27(18)20-4-3-5-22(15-20)37-29(30,31)32)34-12-13-36-25-16-21(8-11-24(25)34)28(35)33-17-19-6-9-23(38-2)10-7-19/h3-11,14-16H,12-13,17H2,1-2H3,(H,33,35). The predicted molar refractivity (Wildman–Crippen MR) is 150 cm³/mol. The average molecular weight is 571 g/mol. The maximum atomic E-state index is 12.8. The number of ether oxygens (including phenoxy) is 2. The van der Waals surface area contributed by atoms with Gasteiger partial charge in [-0.3, -0.25) is 4.79 Å². The lowest BCUT2D eigenvalue weighted by Crippen LogP contribution is -2.28. The largest absolute Gasteiger partial charge is 0.573 e. The highest BCUT2D eigenvalue weighted by molar-refractivity contribution is 7.98. The zero-order chi connectivity index (χ0) is 27.6. The number of amides is 1. The molecule has 0 fully saturated rings. The van der Waals surface area contributed by atoms with E-state index in [-0.39, 0.29) is 11.7 Å². The molecule has 0 unspecified atom stereocenters. The van der Waals surface area contributed by atoms with Gasteiger partial charge in [-0.05, 0) is 78.4 Å². The van der Waals surface area contributed by atoms with Crippen molar-refractivity contribution in [3.63, 3.8) is 0 Å². The molecule has 2 heterocycles. The number of aryl methyl sites for hydroxylation is 1. The molecule has 0 spiro atoms. The number of rotatable bonds is 7. The number of carbonyl (C=O) groups excluding carboxylic acids is 1. The fourth-order valence-corrected chi connectivity index (χ4v) is 5.96. The highest BCUT2D eigenvalue weighted by atomic mass is 32.2. The molecule has 0 saturated carbocycles. The number of hydrogen-bond donors (Lipinski definition) is 1.